The van der Waals surface area contributed by atoms with E-state index in [0.29, 0.717) is 31.4 Å². The molecular weight excluding hydrogens is 318 g/mol. The number of amides is 1. The maximum Gasteiger partial charge on any atom is 0.271 e. The Hall–Kier alpha value is -2.50. The van der Waals surface area contributed by atoms with Crippen molar-refractivity contribution in [3.63, 3.8) is 0 Å². The summed E-state index contributed by atoms with van der Waals surface area (Å²) in [7, 11) is 0. The number of benzene rings is 1. The first kappa shape index (κ1) is 17.3. The van der Waals surface area contributed by atoms with Crippen LogP contribution in [0.2, 0.25) is 0 Å². The second-order valence-electron chi connectivity index (χ2n) is 6.14. The van der Waals surface area contributed by atoms with Crippen molar-refractivity contribution in [1.82, 2.24) is 15.5 Å². The molecule has 2 N–H and O–H groups in total. The van der Waals surface area contributed by atoms with E-state index in [9.17, 15) is 4.79 Å². The number of carbonyl (C=O) groups is 1. The van der Waals surface area contributed by atoms with Crippen LogP contribution in [0.15, 0.2) is 24.3 Å². The molecular formula is C19H25N3O3. The van der Waals surface area contributed by atoms with E-state index in [2.05, 4.69) is 15.5 Å². The topological polar surface area (TPSA) is 76.2 Å². The van der Waals surface area contributed by atoms with E-state index in [1.807, 2.05) is 38.1 Å². The zero-order valence-corrected chi connectivity index (χ0v) is 14.8. The van der Waals surface area contributed by atoms with Gasteiger partial charge in [-0.05, 0) is 56.9 Å². The van der Waals surface area contributed by atoms with Crippen molar-refractivity contribution in [1.29, 1.82) is 0 Å². The summed E-state index contributed by atoms with van der Waals surface area (Å²) in [5, 5.41) is 9.97. The molecule has 0 bridgehead atoms. The van der Waals surface area contributed by atoms with Gasteiger partial charge in [-0.15, -0.1) is 0 Å². The Morgan fingerprint density at radius 3 is 2.68 bits per heavy atom. The number of aromatic nitrogens is 2. The highest BCUT2D eigenvalue weighted by molar-refractivity contribution is 5.92. The summed E-state index contributed by atoms with van der Waals surface area (Å²) < 4.78 is 11.2. The van der Waals surface area contributed by atoms with Gasteiger partial charge in [0.05, 0.1) is 13.2 Å². The molecule has 0 radical (unpaired) electrons. The number of hydrogen-bond acceptors (Lipinski definition) is 4. The van der Waals surface area contributed by atoms with Crippen molar-refractivity contribution in [2.24, 2.45) is 0 Å². The van der Waals surface area contributed by atoms with Gasteiger partial charge in [-0.2, -0.15) is 5.10 Å². The van der Waals surface area contributed by atoms with E-state index in [1.165, 1.54) is 12.8 Å². The fourth-order valence-electron chi connectivity index (χ4n) is 2.72. The molecule has 0 atom stereocenters. The number of nitrogens with one attached hydrogen (secondary N) is 2. The lowest BCUT2D eigenvalue weighted by molar-refractivity contribution is 0.0949. The SMILES string of the molecule is CCOc1ccc(CCNC(=O)c2cc(C3CC3)[nH]n2)cc1OCC. The van der Waals surface area contributed by atoms with Gasteiger partial charge >= 0.3 is 0 Å². The van der Waals surface area contributed by atoms with Crippen LogP contribution < -0.4 is 14.8 Å². The van der Waals surface area contributed by atoms with Crippen molar-refractivity contribution in [2.75, 3.05) is 19.8 Å². The fourth-order valence-corrected chi connectivity index (χ4v) is 2.72. The van der Waals surface area contributed by atoms with Crippen LogP contribution in [-0.4, -0.2) is 35.9 Å². The third-order valence-electron chi connectivity index (χ3n) is 4.15. The van der Waals surface area contributed by atoms with Gasteiger partial charge < -0.3 is 14.8 Å². The van der Waals surface area contributed by atoms with Gasteiger partial charge in [-0.3, -0.25) is 9.89 Å². The summed E-state index contributed by atoms with van der Waals surface area (Å²) in [5.74, 6) is 1.92. The molecule has 6 nitrogen and oxygen atoms in total. The Kier molecular flexibility index (Phi) is 5.58. The average molecular weight is 343 g/mol. The third kappa shape index (κ3) is 4.53. The number of carbonyl (C=O) groups excluding carboxylic acids is 1. The second kappa shape index (κ2) is 8.05. The Morgan fingerprint density at radius 1 is 1.20 bits per heavy atom. The van der Waals surface area contributed by atoms with Gasteiger partial charge in [0.25, 0.3) is 5.91 Å². The van der Waals surface area contributed by atoms with Crippen LogP contribution in [0, 0.1) is 0 Å². The zero-order chi connectivity index (χ0) is 17.6. The molecule has 1 amide bonds. The molecule has 1 heterocycles. The highest BCUT2D eigenvalue weighted by atomic mass is 16.5. The monoisotopic (exact) mass is 343 g/mol. The molecule has 1 aromatic heterocycles. The minimum atomic E-state index is -0.140. The predicted molar refractivity (Wildman–Crippen MR) is 95.4 cm³/mol. The van der Waals surface area contributed by atoms with Gasteiger partial charge in [0.2, 0.25) is 0 Å². The van der Waals surface area contributed by atoms with Gasteiger partial charge in [-0.25, -0.2) is 0 Å². The zero-order valence-electron chi connectivity index (χ0n) is 14.8. The summed E-state index contributed by atoms with van der Waals surface area (Å²) in [5.41, 5.74) is 2.62. The van der Waals surface area contributed by atoms with E-state index in [1.54, 1.807) is 0 Å². The standard InChI is InChI=1S/C19H25N3O3/c1-3-24-17-8-5-13(11-18(17)25-4-2)9-10-20-19(23)16-12-15(21-22-16)14-6-7-14/h5,8,11-12,14H,3-4,6-7,9-10H2,1-2H3,(H,20,23)(H,21,22). The van der Waals surface area contributed by atoms with Crippen LogP contribution in [0.1, 0.15) is 54.4 Å². The highest BCUT2D eigenvalue weighted by Gasteiger charge is 2.26. The van der Waals surface area contributed by atoms with Crippen LogP contribution >= 0.6 is 0 Å². The van der Waals surface area contributed by atoms with E-state index in [4.69, 9.17) is 9.47 Å². The maximum atomic E-state index is 12.2. The Bertz CT molecular complexity index is 722. The van der Waals surface area contributed by atoms with E-state index in [-0.39, 0.29) is 5.91 Å². The minimum absolute atomic E-state index is 0.140. The average Bonchev–Trinajstić information content (AvgIpc) is 3.34. The molecule has 134 valence electrons. The van der Waals surface area contributed by atoms with E-state index in [0.717, 1.165) is 29.2 Å². The number of H-pyrrole nitrogens is 1. The number of hydrogen-bond donors (Lipinski definition) is 2. The number of rotatable bonds is 9. The van der Waals surface area contributed by atoms with E-state index >= 15 is 0 Å². The van der Waals surface area contributed by atoms with Gasteiger partial charge in [-0.1, -0.05) is 6.07 Å². The van der Waals surface area contributed by atoms with Gasteiger partial charge in [0.1, 0.15) is 5.69 Å². The first-order valence-corrected chi connectivity index (χ1v) is 8.93. The van der Waals surface area contributed by atoms with Crippen molar-refractivity contribution in [2.45, 2.75) is 39.0 Å². The lowest BCUT2D eigenvalue weighted by Crippen LogP contribution is -2.26. The van der Waals surface area contributed by atoms with Crippen LogP contribution in [0.25, 0.3) is 0 Å². The number of aromatic amines is 1. The van der Waals surface area contributed by atoms with Crippen LogP contribution in [0.5, 0.6) is 11.5 Å². The number of nitrogens with zero attached hydrogens (tertiary/aromatic N) is 1. The first-order chi connectivity index (χ1) is 12.2. The lowest BCUT2D eigenvalue weighted by Gasteiger charge is -2.12. The molecule has 0 spiro atoms. The Morgan fingerprint density at radius 2 is 1.96 bits per heavy atom. The first-order valence-electron chi connectivity index (χ1n) is 8.93. The molecule has 0 unspecified atom stereocenters. The summed E-state index contributed by atoms with van der Waals surface area (Å²) in [6, 6.07) is 7.75. The summed E-state index contributed by atoms with van der Waals surface area (Å²) in [6.45, 7) is 5.62. The van der Waals surface area contributed by atoms with Crippen molar-refractivity contribution >= 4 is 5.91 Å². The van der Waals surface area contributed by atoms with Crippen molar-refractivity contribution in [3.8, 4) is 11.5 Å². The van der Waals surface area contributed by atoms with Crippen LogP contribution in [0.3, 0.4) is 0 Å². The van der Waals surface area contributed by atoms with Crippen molar-refractivity contribution < 1.29 is 14.3 Å². The molecule has 0 saturated heterocycles. The molecule has 6 heteroatoms. The van der Waals surface area contributed by atoms with Crippen molar-refractivity contribution in [3.05, 3.63) is 41.2 Å². The molecule has 0 aliphatic heterocycles. The molecule has 3 rings (SSSR count). The summed E-state index contributed by atoms with van der Waals surface area (Å²) in [6.07, 6.45) is 3.09. The van der Waals surface area contributed by atoms with Gasteiger partial charge in [0, 0.05) is 18.2 Å². The van der Waals surface area contributed by atoms with E-state index < -0.39 is 0 Å². The quantitative estimate of drug-likeness (QED) is 0.734. The smallest absolute Gasteiger partial charge is 0.271 e. The predicted octanol–water partition coefficient (Wildman–Crippen LogP) is 3.06. The molecule has 1 fully saturated rings. The normalized spacial score (nSPS) is 13.5. The molecule has 1 saturated carbocycles. The second-order valence-corrected chi connectivity index (χ2v) is 6.14. The fraction of sp³-hybridized carbons (Fsp3) is 0.474. The minimum Gasteiger partial charge on any atom is -0.490 e. The molecule has 25 heavy (non-hydrogen) atoms. The number of ether oxygens (including phenoxy) is 2. The van der Waals surface area contributed by atoms with Crippen LogP contribution in [-0.2, 0) is 6.42 Å². The molecule has 1 aromatic carbocycles. The maximum absolute atomic E-state index is 12.2. The Labute approximate surface area is 147 Å². The molecule has 1 aliphatic rings. The highest BCUT2D eigenvalue weighted by Crippen LogP contribution is 2.38. The molecule has 2 aromatic rings. The summed E-state index contributed by atoms with van der Waals surface area (Å²) >= 11 is 0. The summed E-state index contributed by atoms with van der Waals surface area (Å²) in [4.78, 5) is 12.2. The molecule has 1 aliphatic carbocycles. The third-order valence-corrected chi connectivity index (χ3v) is 4.15. The van der Waals surface area contributed by atoms with Crippen LogP contribution in [0.4, 0.5) is 0 Å². The lowest BCUT2D eigenvalue weighted by atomic mass is 10.1. The largest absolute Gasteiger partial charge is 0.490 e. The Balaban J connectivity index is 1.53. The van der Waals surface area contributed by atoms with Gasteiger partial charge in [0.15, 0.2) is 11.5 Å².